The monoisotopic (exact) mass is 211 g/mol. The molecule has 0 bridgehead atoms. The minimum atomic E-state index is -3.62. The van der Waals surface area contributed by atoms with E-state index in [1.807, 2.05) is 6.92 Å². The van der Waals surface area contributed by atoms with Crippen LogP contribution in [0.1, 0.15) is 12.5 Å². The molecule has 4 heteroatoms. The number of primary sulfonamides is 1. The van der Waals surface area contributed by atoms with E-state index in [2.05, 4.69) is 6.58 Å². The van der Waals surface area contributed by atoms with Gasteiger partial charge in [-0.25, -0.2) is 13.6 Å². The van der Waals surface area contributed by atoms with Gasteiger partial charge in [0.05, 0.1) is 4.90 Å². The van der Waals surface area contributed by atoms with Gasteiger partial charge < -0.3 is 0 Å². The number of hydrogen-bond acceptors (Lipinski definition) is 2. The summed E-state index contributed by atoms with van der Waals surface area (Å²) < 4.78 is 22.4. The summed E-state index contributed by atoms with van der Waals surface area (Å²) in [5.74, 6) is 0. The maximum absolute atomic E-state index is 11.2. The van der Waals surface area contributed by atoms with Crippen molar-refractivity contribution in [1.29, 1.82) is 0 Å². The van der Waals surface area contributed by atoms with Crippen molar-refractivity contribution in [3.8, 4) is 0 Å². The third-order valence-electron chi connectivity index (χ3n) is 1.77. The smallest absolute Gasteiger partial charge is 0.225 e. The fourth-order valence-corrected chi connectivity index (χ4v) is 2.03. The van der Waals surface area contributed by atoms with Crippen LogP contribution in [0, 0.1) is 0 Å². The number of sulfonamides is 1. The highest BCUT2D eigenvalue weighted by molar-refractivity contribution is 7.89. The van der Waals surface area contributed by atoms with Crippen molar-refractivity contribution in [3.05, 3.63) is 42.0 Å². The van der Waals surface area contributed by atoms with Crippen LogP contribution >= 0.6 is 0 Å². The SMILES string of the molecule is C=C(C)Cc1ccccc1S(N)(=O)=O. The Bertz CT molecular complexity index is 449. The Kier molecular flexibility index (Phi) is 3.08. The van der Waals surface area contributed by atoms with Crippen LogP contribution in [0.2, 0.25) is 0 Å². The molecule has 2 N–H and O–H groups in total. The summed E-state index contributed by atoms with van der Waals surface area (Å²) in [6.07, 6.45) is 0.534. The minimum Gasteiger partial charge on any atom is -0.225 e. The number of benzene rings is 1. The molecule has 0 aliphatic carbocycles. The lowest BCUT2D eigenvalue weighted by atomic mass is 10.1. The molecule has 0 spiro atoms. The lowest BCUT2D eigenvalue weighted by Gasteiger charge is -2.06. The first-order valence-electron chi connectivity index (χ1n) is 4.16. The molecular formula is C10H13NO2S. The van der Waals surface area contributed by atoms with Crippen molar-refractivity contribution in [3.63, 3.8) is 0 Å². The molecular weight excluding hydrogens is 198 g/mol. The van der Waals surface area contributed by atoms with Gasteiger partial charge in [0.2, 0.25) is 10.0 Å². The lowest BCUT2D eigenvalue weighted by Crippen LogP contribution is -2.14. The lowest BCUT2D eigenvalue weighted by molar-refractivity contribution is 0.597. The van der Waals surface area contributed by atoms with Gasteiger partial charge in [-0.3, -0.25) is 0 Å². The van der Waals surface area contributed by atoms with E-state index in [0.29, 0.717) is 12.0 Å². The van der Waals surface area contributed by atoms with Crippen LogP contribution < -0.4 is 5.14 Å². The van der Waals surface area contributed by atoms with Gasteiger partial charge in [0.25, 0.3) is 0 Å². The summed E-state index contributed by atoms with van der Waals surface area (Å²) in [6, 6.07) is 6.69. The highest BCUT2D eigenvalue weighted by Gasteiger charge is 2.12. The average molecular weight is 211 g/mol. The predicted molar refractivity (Wildman–Crippen MR) is 56.3 cm³/mol. The van der Waals surface area contributed by atoms with Gasteiger partial charge in [-0.05, 0) is 25.0 Å². The molecule has 0 fully saturated rings. The van der Waals surface area contributed by atoms with Crippen LogP contribution in [-0.2, 0) is 16.4 Å². The second-order valence-electron chi connectivity index (χ2n) is 3.29. The van der Waals surface area contributed by atoms with Gasteiger partial charge in [0.15, 0.2) is 0 Å². The Morgan fingerprint density at radius 2 is 2.00 bits per heavy atom. The van der Waals surface area contributed by atoms with Crippen molar-refractivity contribution in [2.75, 3.05) is 0 Å². The van der Waals surface area contributed by atoms with Crippen LogP contribution in [0.25, 0.3) is 0 Å². The van der Waals surface area contributed by atoms with E-state index in [-0.39, 0.29) is 4.90 Å². The van der Waals surface area contributed by atoms with Crippen LogP contribution in [-0.4, -0.2) is 8.42 Å². The third-order valence-corrected chi connectivity index (χ3v) is 2.78. The van der Waals surface area contributed by atoms with Crippen molar-refractivity contribution >= 4 is 10.0 Å². The summed E-state index contributed by atoms with van der Waals surface area (Å²) in [6.45, 7) is 5.59. The van der Waals surface area contributed by atoms with E-state index in [1.165, 1.54) is 6.07 Å². The second-order valence-corrected chi connectivity index (χ2v) is 4.82. The zero-order valence-corrected chi connectivity index (χ0v) is 8.84. The van der Waals surface area contributed by atoms with Gasteiger partial charge in [-0.1, -0.05) is 30.4 Å². The van der Waals surface area contributed by atoms with Crippen molar-refractivity contribution in [2.45, 2.75) is 18.2 Å². The molecule has 1 aromatic carbocycles. The average Bonchev–Trinajstić information content (AvgIpc) is 2.01. The molecule has 3 nitrogen and oxygen atoms in total. The van der Waals surface area contributed by atoms with E-state index in [0.717, 1.165) is 5.57 Å². The standard InChI is InChI=1S/C10H13NO2S/c1-8(2)7-9-5-3-4-6-10(9)14(11,12)13/h3-6H,1,7H2,2H3,(H2,11,12,13). The van der Waals surface area contributed by atoms with Gasteiger partial charge in [0, 0.05) is 0 Å². The molecule has 14 heavy (non-hydrogen) atoms. The molecule has 0 atom stereocenters. The van der Waals surface area contributed by atoms with E-state index in [4.69, 9.17) is 5.14 Å². The summed E-state index contributed by atoms with van der Waals surface area (Å²) in [4.78, 5) is 0.183. The van der Waals surface area contributed by atoms with Crippen molar-refractivity contribution < 1.29 is 8.42 Å². The number of nitrogens with two attached hydrogens (primary N) is 1. The number of allylic oxidation sites excluding steroid dienone is 1. The molecule has 0 saturated heterocycles. The predicted octanol–water partition coefficient (Wildman–Crippen LogP) is 1.45. The molecule has 1 aromatic rings. The molecule has 0 amide bonds. The molecule has 0 unspecified atom stereocenters. The van der Waals surface area contributed by atoms with Gasteiger partial charge >= 0.3 is 0 Å². The first-order valence-corrected chi connectivity index (χ1v) is 5.71. The zero-order valence-electron chi connectivity index (χ0n) is 8.03. The molecule has 1 rings (SSSR count). The van der Waals surface area contributed by atoms with E-state index in [1.54, 1.807) is 18.2 Å². The Balaban J connectivity index is 3.23. The first kappa shape index (κ1) is 10.9. The summed E-state index contributed by atoms with van der Waals surface area (Å²) in [5.41, 5.74) is 1.60. The Labute approximate surface area is 84.3 Å². The minimum absolute atomic E-state index is 0.183. The Morgan fingerprint density at radius 1 is 1.43 bits per heavy atom. The number of rotatable bonds is 3. The Morgan fingerprint density at radius 3 is 2.50 bits per heavy atom. The van der Waals surface area contributed by atoms with Crippen LogP contribution in [0.4, 0.5) is 0 Å². The molecule has 76 valence electrons. The normalized spacial score (nSPS) is 11.3. The topological polar surface area (TPSA) is 60.2 Å². The highest BCUT2D eigenvalue weighted by atomic mass is 32.2. The van der Waals surface area contributed by atoms with Gasteiger partial charge in [-0.2, -0.15) is 0 Å². The van der Waals surface area contributed by atoms with Gasteiger partial charge in [0.1, 0.15) is 0 Å². The molecule has 0 aliphatic rings. The van der Waals surface area contributed by atoms with E-state index in [9.17, 15) is 8.42 Å². The van der Waals surface area contributed by atoms with E-state index >= 15 is 0 Å². The number of hydrogen-bond donors (Lipinski definition) is 1. The first-order chi connectivity index (χ1) is 6.41. The highest BCUT2D eigenvalue weighted by Crippen LogP contribution is 2.16. The van der Waals surface area contributed by atoms with Crippen molar-refractivity contribution in [2.24, 2.45) is 5.14 Å². The fraction of sp³-hybridized carbons (Fsp3) is 0.200. The Hall–Kier alpha value is -1.13. The quantitative estimate of drug-likeness (QED) is 0.769. The van der Waals surface area contributed by atoms with Crippen LogP contribution in [0.3, 0.4) is 0 Å². The second kappa shape index (κ2) is 3.94. The van der Waals surface area contributed by atoms with E-state index < -0.39 is 10.0 Å². The summed E-state index contributed by atoms with van der Waals surface area (Å²) >= 11 is 0. The molecule has 0 heterocycles. The van der Waals surface area contributed by atoms with Gasteiger partial charge in [-0.15, -0.1) is 0 Å². The van der Waals surface area contributed by atoms with Crippen LogP contribution in [0.15, 0.2) is 41.3 Å². The molecule has 0 radical (unpaired) electrons. The molecule has 0 aromatic heterocycles. The largest absolute Gasteiger partial charge is 0.238 e. The maximum atomic E-state index is 11.2. The third kappa shape index (κ3) is 2.68. The molecule has 0 saturated carbocycles. The fourth-order valence-electron chi connectivity index (χ4n) is 1.25. The zero-order chi connectivity index (χ0) is 10.8. The maximum Gasteiger partial charge on any atom is 0.238 e. The molecule has 0 aliphatic heterocycles. The van der Waals surface area contributed by atoms with Crippen molar-refractivity contribution in [1.82, 2.24) is 0 Å². The summed E-state index contributed by atoms with van der Waals surface area (Å²) in [5, 5.41) is 5.08. The van der Waals surface area contributed by atoms with Crippen LogP contribution in [0.5, 0.6) is 0 Å². The summed E-state index contributed by atoms with van der Waals surface area (Å²) in [7, 11) is -3.62.